The average Bonchev–Trinajstić information content (AvgIpc) is 3.47. The zero-order valence-electron chi connectivity index (χ0n) is 20.2. The first-order valence-electron chi connectivity index (χ1n) is 12.0. The number of fused-ring (bicyclic) bond motifs is 1. The van der Waals surface area contributed by atoms with Crippen LogP contribution in [0.15, 0.2) is 47.4 Å². The summed E-state index contributed by atoms with van der Waals surface area (Å²) in [6.45, 7) is 9.68. The van der Waals surface area contributed by atoms with Gasteiger partial charge in [-0.25, -0.2) is 13.4 Å². The summed E-state index contributed by atoms with van der Waals surface area (Å²) >= 11 is 0. The lowest BCUT2D eigenvalue weighted by molar-refractivity contribution is 0.0730. The van der Waals surface area contributed by atoms with Crippen LogP contribution in [0.1, 0.15) is 39.2 Å². The maximum absolute atomic E-state index is 13.2. The number of benzene rings is 2. The summed E-state index contributed by atoms with van der Waals surface area (Å²) in [5.41, 5.74) is 3.95. The van der Waals surface area contributed by atoms with Gasteiger partial charge in [0, 0.05) is 25.3 Å². The van der Waals surface area contributed by atoms with Gasteiger partial charge in [0.2, 0.25) is 10.0 Å². The molecule has 2 fully saturated rings. The summed E-state index contributed by atoms with van der Waals surface area (Å²) in [6.07, 6.45) is 2.22. The van der Waals surface area contributed by atoms with Crippen LogP contribution in [0.4, 0.5) is 0 Å². The molecule has 0 amide bonds. The Labute approximate surface area is 201 Å². The zero-order chi connectivity index (χ0) is 23.9. The molecule has 0 saturated carbocycles. The Hall–Kier alpha value is -2.26. The van der Waals surface area contributed by atoms with Gasteiger partial charge in [-0.1, -0.05) is 45.0 Å². The highest BCUT2D eigenvalue weighted by molar-refractivity contribution is 7.89. The first kappa shape index (κ1) is 23.5. The standard InChI is InChI=1S/C26H33N3O4S/c1-26(2,3)20-8-6-19(7-9-20)25-27-23-17-22(34(30,31)28-12-15-32-16-13-28)10-11-24(23)29(25)18-21-5-4-14-33-21/h6-11,17,21H,4-5,12-16,18H2,1-3H3. The van der Waals surface area contributed by atoms with Crippen LogP contribution in [0.3, 0.4) is 0 Å². The van der Waals surface area contributed by atoms with E-state index in [0.29, 0.717) is 38.4 Å². The van der Waals surface area contributed by atoms with E-state index in [1.54, 1.807) is 12.1 Å². The molecule has 3 heterocycles. The van der Waals surface area contributed by atoms with E-state index in [4.69, 9.17) is 14.5 Å². The number of ether oxygens (including phenoxy) is 2. The molecule has 1 aromatic heterocycles. The molecule has 7 nitrogen and oxygen atoms in total. The second kappa shape index (κ2) is 9.07. The summed E-state index contributed by atoms with van der Waals surface area (Å²) in [6, 6.07) is 13.8. The maximum atomic E-state index is 13.2. The largest absolute Gasteiger partial charge is 0.379 e. The predicted molar refractivity (Wildman–Crippen MR) is 132 cm³/mol. The first-order valence-corrected chi connectivity index (χ1v) is 13.5. The molecule has 0 N–H and O–H groups in total. The molecule has 2 aromatic carbocycles. The Balaban J connectivity index is 1.57. The van der Waals surface area contributed by atoms with Gasteiger partial charge >= 0.3 is 0 Å². The molecular weight excluding hydrogens is 450 g/mol. The van der Waals surface area contributed by atoms with Crippen LogP contribution < -0.4 is 0 Å². The Morgan fingerprint density at radius 3 is 2.41 bits per heavy atom. The monoisotopic (exact) mass is 483 g/mol. The molecule has 0 aliphatic carbocycles. The van der Waals surface area contributed by atoms with Crippen molar-refractivity contribution in [3.05, 3.63) is 48.0 Å². The van der Waals surface area contributed by atoms with Gasteiger partial charge in [0.1, 0.15) is 5.82 Å². The van der Waals surface area contributed by atoms with E-state index in [9.17, 15) is 8.42 Å². The van der Waals surface area contributed by atoms with E-state index in [1.807, 2.05) is 6.07 Å². The Morgan fingerprint density at radius 1 is 1.03 bits per heavy atom. The number of aromatic nitrogens is 2. The van der Waals surface area contributed by atoms with E-state index in [1.165, 1.54) is 9.87 Å². The van der Waals surface area contributed by atoms with Crippen molar-refractivity contribution < 1.29 is 17.9 Å². The summed E-state index contributed by atoms with van der Waals surface area (Å²) in [5, 5.41) is 0. The lowest BCUT2D eigenvalue weighted by Gasteiger charge is -2.26. The molecule has 0 radical (unpaired) electrons. The lowest BCUT2D eigenvalue weighted by atomic mass is 9.87. The molecule has 1 unspecified atom stereocenters. The van der Waals surface area contributed by atoms with Crippen LogP contribution in [0, 0.1) is 0 Å². The molecule has 5 rings (SSSR count). The van der Waals surface area contributed by atoms with E-state index >= 15 is 0 Å². The van der Waals surface area contributed by atoms with E-state index in [0.717, 1.165) is 36.4 Å². The molecule has 8 heteroatoms. The number of nitrogens with zero attached hydrogens (tertiary/aromatic N) is 3. The molecule has 2 saturated heterocycles. The molecule has 34 heavy (non-hydrogen) atoms. The number of imidazole rings is 1. The van der Waals surface area contributed by atoms with Crippen LogP contribution in [0.5, 0.6) is 0 Å². The van der Waals surface area contributed by atoms with Gasteiger partial charge in [0.15, 0.2) is 0 Å². The minimum absolute atomic E-state index is 0.0686. The fourth-order valence-electron chi connectivity index (χ4n) is 4.72. The van der Waals surface area contributed by atoms with Crippen molar-refractivity contribution in [3.8, 4) is 11.4 Å². The summed E-state index contributed by atoms with van der Waals surface area (Å²) in [4.78, 5) is 5.21. The molecule has 182 valence electrons. The van der Waals surface area contributed by atoms with Gasteiger partial charge in [0.25, 0.3) is 0 Å². The minimum Gasteiger partial charge on any atom is -0.379 e. The quantitative estimate of drug-likeness (QED) is 0.544. The minimum atomic E-state index is -3.59. The molecule has 2 aliphatic heterocycles. The zero-order valence-corrected chi connectivity index (χ0v) is 21.0. The summed E-state index contributed by atoms with van der Waals surface area (Å²) < 4.78 is 41.4. The van der Waals surface area contributed by atoms with Crippen molar-refractivity contribution in [2.45, 2.75) is 56.6 Å². The smallest absolute Gasteiger partial charge is 0.243 e. The number of rotatable bonds is 5. The van der Waals surface area contributed by atoms with Gasteiger partial charge < -0.3 is 14.0 Å². The van der Waals surface area contributed by atoms with Crippen molar-refractivity contribution in [1.82, 2.24) is 13.9 Å². The van der Waals surface area contributed by atoms with Crippen molar-refractivity contribution in [3.63, 3.8) is 0 Å². The average molecular weight is 484 g/mol. The topological polar surface area (TPSA) is 73.7 Å². The van der Waals surface area contributed by atoms with Crippen LogP contribution >= 0.6 is 0 Å². The number of morpholine rings is 1. The van der Waals surface area contributed by atoms with Gasteiger partial charge in [-0.05, 0) is 42.0 Å². The number of sulfonamides is 1. The van der Waals surface area contributed by atoms with Gasteiger partial charge in [-0.15, -0.1) is 0 Å². The van der Waals surface area contributed by atoms with Crippen molar-refractivity contribution in [2.24, 2.45) is 0 Å². The molecule has 0 spiro atoms. The predicted octanol–water partition coefficient (Wildman–Crippen LogP) is 4.20. The van der Waals surface area contributed by atoms with Gasteiger partial charge in [-0.3, -0.25) is 0 Å². The second-order valence-corrected chi connectivity index (χ2v) is 12.1. The fraction of sp³-hybridized carbons (Fsp3) is 0.500. The SMILES string of the molecule is CC(C)(C)c1ccc(-c2nc3cc(S(=O)(=O)N4CCOCC4)ccc3n2CC2CCCO2)cc1. The third-order valence-electron chi connectivity index (χ3n) is 6.75. The van der Waals surface area contributed by atoms with Crippen molar-refractivity contribution in [1.29, 1.82) is 0 Å². The van der Waals surface area contributed by atoms with Crippen molar-refractivity contribution in [2.75, 3.05) is 32.9 Å². The lowest BCUT2D eigenvalue weighted by Crippen LogP contribution is -2.40. The number of hydrogen-bond acceptors (Lipinski definition) is 5. The van der Waals surface area contributed by atoms with Gasteiger partial charge in [0.05, 0.1) is 41.8 Å². The third-order valence-corrected chi connectivity index (χ3v) is 8.64. The normalized spacial score (nSPS) is 20.3. The highest BCUT2D eigenvalue weighted by Gasteiger charge is 2.28. The molecule has 1 atom stereocenters. The van der Waals surface area contributed by atoms with Crippen LogP contribution in [-0.4, -0.2) is 61.3 Å². The Morgan fingerprint density at radius 2 is 1.76 bits per heavy atom. The highest BCUT2D eigenvalue weighted by atomic mass is 32.2. The third kappa shape index (κ3) is 4.52. The molecule has 0 bridgehead atoms. The number of hydrogen-bond donors (Lipinski definition) is 0. The van der Waals surface area contributed by atoms with Crippen LogP contribution in [-0.2, 0) is 31.5 Å². The van der Waals surface area contributed by atoms with E-state index in [-0.39, 0.29) is 16.4 Å². The maximum Gasteiger partial charge on any atom is 0.243 e. The molecule has 2 aliphatic rings. The fourth-order valence-corrected chi connectivity index (χ4v) is 6.15. The molecular formula is C26H33N3O4S. The molecule has 3 aromatic rings. The Bertz CT molecular complexity index is 1260. The van der Waals surface area contributed by atoms with Crippen LogP contribution in [0.2, 0.25) is 0 Å². The van der Waals surface area contributed by atoms with Crippen LogP contribution in [0.25, 0.3) is 22.4 Å². The second-order valence-electron chi connectivity index (χ2n) is 10.2. The van der Waals surface area contributed by atoms with E-state index < -0.39 is 10.0 Å². The highest BCUT2D eigenvalue weighted by Crippen LogP contribution is 2.31. The summed E-state index contributed by atoms with van der Waals surface area (Å²) in [7, 11) is -3.59. The summed E-state index contributed by atoms with van der Waals surface area (Å²) in [5.74, 6) is 0.840. The first-order chi connectivity index (χ1) is 16.2. The van der Waals surface area contributed by atoms with Gasteiger partial charge in [-0.2, -0.15) is 4.31 Å². The van der Waals surface area contributed by atoms with E-state index in [2.05, 4.69) is 49.6 Å². The Kier molecular flexibility index (Phi) is 6.27. The van der Waals surface area contributed by atoms with Crippen molar-refractivity contribution >= 4 is 21.1 Å².